The Morgan fingerprint density at radius 3 is 1.51 bits per heavy atom. The van der Waals surface area contributed by atoms with Crippen molar-refractivity contribution in [1.82, 2.24) is 20.9 Å². The van der Waals surface area contributed by atoms with Crippen molar-refractivity contribution in [3.8, 4) is 0 Å². The van der Waals surface area contributed by atoms with E-state index in [-0.39, 0.29) is 13.1 Å². The van der Waals surface area contributed by atoms with Crippen molar-refractivity contribution in [3.63, 3.8) is 0 Å². The highest BCUT2D eigenvalue weighted by Crippen LogP contribution is 2.10. The van der Waals surface area contributed by atoms with Gasteiger partial charge in [-0.2, -0.15) is 0 Å². The van der Waals surface area contributed by atoms with E-state index in [1.54, 1.807) is 39.5 Å². The van der Waals surface area contributed by atoms with E-state index in [1.165, 1.54) is 0 Å². The summed E-state index contributed by atoms with van der Waals surface area (Å²) >= 11 is 0. The molecular weight excluding hydrogens is 460 g/mol. The number of rotatable bonds is 13. The number of hydrogen-bond acceptors (Lipinski definition) is 8. The molecule has 0 fully saturated rings. The van der Waals surface area contributed by atoms with Gasteiger partial charge in [-0.3, -0.25) is 4.79 Å². The lowest BCUT2D eigenvalue weighted by Crippen LogP contribution is -2.50. The van der Waals surface area contributed by atoms with E-state index >= 15 is 0 Å². The van der Waals surface area contributed by atoms with Gasteiger partial charge < -0.3 is 35.3 Å². The van der Waals surface area contributed by atoms with Crippen LogP contribution in [0.4, 0.5) is 14.4 Å². The molecule has 0 saturated heterocycles. The van der Waals surface area contributed by atoms with Crippen LogP contribution in [0.3, 0.4) is 0 Å². The molecule has 0 heterocycles. The highest BCUT2D eigenvalue weighted by atomic mass is 16.6. The van der Waals surface area contributed by atoms with Crippen molar-refractivity contribution in [2.75, 3.05) is 26.2 Å². The van der Waals surface area contributed by atoms with Gasteiger partial charge in [-0.15, -0.1) is 0 Å². The molecule has 2 atom stereocenters. The first kappa shape index (κ1) is 34.4. The number of hydrogen-bond donors (Lipinski definition) is 4. The van der Waals surface area contributed by atoms with Crippen molar-refractivity contribution in [2.24, 2.45) is 0 Å². The summed E-state index contributed by atoms with van der Waals surface area (Å²) in [6, 6.07) is 0. The summed E-state index contributed by atoms with van der Waals surface area (Å²) < 4.78 is 16.1. The second kappa shape index (κ2) is 19.5. The van der Waals surface area contributed by atoms with E-state index in [2.05, 4.69) is 16.0 Å². The molecule has 206 valence electrons. The number of nitrogens with one attached hydrogen (secondary N) is 3. The molecule has 12 nitrogen and oxygen atoms in total. The molecule has 0 spiro atoms. The van der Waals surface area contributed by atoms with Crippen LogP contribution in [0.2, 0.25) is 0 Å². The van der Waals surface area contributed by atoms with Gasteiger partial charge in [-0.25, -0.2) is 19.3 Å². The fraction of sp³-hybridized carbons (Fsp3) is 0.826. The third-order valence-electron chi connectivity index (χ3n) is 4.13. The number of carboxylic acids is 1. The van der Waals surface area contributed by atoms with Gasteiger partial charge in [-0.05, 0) is 47.5 Å². The average Bonchev–Trinajstić information content (AvgIpc) is 2.69. The molecule has 3 amide bonds. The van der Waals surface area contributed by atoms with Crippen molar-refractivity contribution in [2.45, 2.75) is 99.1 Å². The number of carbonyl (C=O) groups is 4. The molecular formula is C23H46N4O8. The lowest BCUT2D eigenvalue weighted by atomic mass is 10.2. The fourth-order valence-corrected chi connectivity index (χ4v) is 2.52. The number of ether oxygens (including phenoxy) is 3. The van der Waals surface area contributed by atoms with Crippen molar-refractivity contribution in [1.29, 1.82) is 0 Å². The third-order valence-corrected chi connectivity index (χ3v) is 4.13. The van der Waals surface area contributed by atoms with E-state index in [1.807, 2.05) is 13.8 Å². The van der Waals surface area contributed by atoms with Gasteiger partial charge in [0.2, 0.25) is 0 Å². The number of nitrogens with zero attached hydrogens (tertiary/aromatic N) is 1. The van der Waals surface area contributed by atoms with Crippen LogP contribution >= 0.6 is 0 Å². The molecule has 2 unspecified atom stereocenters. The zero-order valence-electron chi connectivity index (χ0n) is 22.6. The van der Waals surface area contributed by atoms with Crippen LogP contribution in [0.5, 0.6) is 0 Å². The van der Waals surface area contributed by atoms with Gasteiger partial charge >= 0.3 is 18.3 Å². The zero-order chi connectivity index (χ0) is 27.4. The Morgan fingerprint density at radius 1 is 0.800 bits per heavy atom. The molecule has 0 aromatic heterocycles. The largest absolute Gasteiger partial charge is 0.481 e. The Labute approximate surface area is 209 Å². The normalized spacial score (nSPS) is 12.4. The van der Waals surface area contributed by atoms with Crippen LogP contribution in [0.1, 0.15) is 81.1 Å². The van der Waals surface area contributed by atoms with E-state index in [4.69, 9.17) is 24.1 Å². The molecule has 0 aromatic rings. The first-order chi connectivity index (χ1) is 16.2. The maximum absolute atomic E-state index is 12.0. The highest BCUT2D eigenvalue weighted by molar-refractivity contribution is 5.68. The molecule has 0 aliphatic heterocycles. The SMILES string of the molecule is CC(=O)O.CCCCNC(=O)OC(C)N(CCNC(=O)OC(C)(C)C)C(C)OC(=O)NCCCC. The number of alkyl carbamates (subject to hydrolysis) is 3. The van der Waals surface area contributed by atoms with Crippen LogP contribution < -0.4 is 16.0 Å². The maximum atomic E-state index is 12.0. The van der Waals surface area contributed by atoms with Crippen LogP contribution in [-0.4, -0.2) is 78.5 Å². The average molecular weight is 507 g/mol. The third kappa shape index (κ3) is 22.8. The standard InChI is InChI=1S/C21H42N4O6.C2H4O2/c1-8-10-12-22-18(26)29-16(3)25(15-14-24-20(28)31-21(5,6)7)17(4)30-19(27)23-13-11-9-2;1-2(3)4/h16-17H,8-15H2,1-7H3,(H,22,26)(H,23,27)(H,24,28);1H3,(H,3,4). The molecule has 0 radical (unpaired) electrons. The number of carboxylic acid groups (broad SMARTS) is 1. The summed E-state index contributed by atoms with van der Waals surface area (Å²) in [6.45, 7) is 15.4. The Balaban J connectivity index is 0. The molecule has 0 rings (SSSR count). The highest BCUT2D eigenvalue weighted by Gasteiger charge is 2.26. The fourth-order valence-electron chi connectivity index (χ4n) is 2.52. The van der Waals surface area contributed by atoms with E-state index in [0.29, 0.717) is 13.1 Å². The van der Waals surface area contributed by atoms with E-state index in [9.17, 15) is 14.4 Å². The minimum Gasteiger partial charge on any atom is -0.481 e. The quantitative estimate of drug-likeness (QED) is 0.166. The number of unbranched alkanes of at least 4 members (excludes halogenated alkanes) is 2. The van der Waals surface area contributed by atoms with Crippen molar-refractivity contribution in [3.05, 3.63) is 0 Å². The van der Waals surface area contributed by atoms with Gasteiger partial charge in [0.15, 0.2) is 12.5 Å². The minimum absolute atomic E-state index is 0.214. The number of amides is 3. The molecule has 0 aliphatic rings. The van der Waals surface area contributed by atoms with Gasteiger partial charge in [0, 0.05) is 33.1 Å². The second-order valence-electron chi connectivity index (χ2n) is 8.76. The Kier molecular flexibility index (Phi) is 19.2. The Bertz CT molecular complexity index is 591. The summed E-state index contributed by atoms with van der Waals surface area (Å²) in [5, 5.41) is 15.4. The lowest BCUT2D eigenvalue weighted by molar-refractivity contribution is -0.134. The molecule has 0 aliphatic carbocycles. The molecule has 35 heavy (non-hydrogen) atoms. The topological polar surface area (TPSA) is 156 Å². The van der Waals surface area contributed by atoms with Crippen LogP contribution in [0.25, 0.3) is 0 Å². The first-order valence-electron chi connectivity index (χ1n) is 12.0. The van der Waals surface area contributed by atoms with Gasteiger partial charge in [0.25, 0.3) is 5.97 Å². The van der Waals surface area contributed by atoms with Crippen LogP contribution in [0, 0.1) is 0 Å². The van der Waals surface area contributed by atoms with E-state index in [0.717, 1.165) is 32.6 Å². The predicted molar refractivity (Wildman–Crippen MR) is 132 cm³/mol. The second-order valence-corrected chi connectivity index (χ2v) is 8.76. The monoisotopic (exact) mass is 506 g/mol. The molecule has 0 bridgehead atoms. The summed E-state index contributed by atoms with van der Waals surface area (Å²) in [4.78, 5) is 46.6. The number of carbonyl (C=O) groups excluding carboxylic acids is 3. The molecule has 0 saturated carbocycles. The van der Waals surface area contributed by atoms with Gasteiger partial charge in [0.1, 0.15) is 5.60 Å². The number of aliphatic carboxylic acids is 1. The summed E-state index contributed by atoms with van der Waals surface area (Å²) in [6.07, 6.45) is 0.572. The maximum Gasteiger partial charge on any atom is 0.408 e. The summed E-state index contributed by atoms with van der Waals surface area (Å²) in [7, 11) is 0. The smallest absolute Gasteiger partial charge is 0.408 e. The molecule has 12 heteroatoms. The minimum atomic E-state index is -0.833. The lowest BCUT2D eigenvalue weighted by Gasteiger charge is -2.33. The molecule has 0 aromatic carbocycles. The zero-order valence-corrected chi connectivity index (χ0v) is 22.6. The van der Waals surface area contributed by atoms with Gasteiger partial charge in [-0.1, -0.05) is 26.7 Å². The van der Waals surface area contributed by atoms with Crippen LogP contribution in [-0.2, 0) is 19.0 Å². The molecule has 4 N–H and O–H groups in total. The van der Waals surface area contributed by atoms with Crippen molar-refractivity contribution < 1.29 is 38.5 Å². The first-order valence-corrected chi connectivity index (χ1v) is 12.0. The summed E-state index contributed by atoms with van der Waals surface area (Å²) in [5.74, 6) is -0.833. The van der Waals surface area contributed by atoms with E-state index < -0.39 is 42.3 Å². The summed E-state index contributed by atoms with van der Waals surface area (Å²) in [5.41, 5.74) is -0.607. The Morgan fingerprint density at radius 2 is 1.17 bits per heavy atom. The van der Waals surface area contributed by atoms with Crippen molar-refractivity contribution >= 4 is 24.2 Å². The predicted octanol–water partition coefficient (Wildman–Crippen LogP) is 3.65. The van der Waals surface area contributed by atoms with Gasteiger partial charge in [0.05, 0.1) is 0 Å². The Hall–Kier alpha value is -2.76. The van der Waals surface area contributed by atoms with Crippen LogP contribution in [0.15, 0.2) is 0 Å².